The van der Waals surface area contributed by atoms with Gasteiger partial charge in [0.15, 0.2) is 11.6 Å². The molecule has 0 spiro atoms. The lowest BCUT2D eigenvalue weighted by atomic mass is 10.1. The topological polar surface area (TPSA) is 25.2 Å². The fraction of sp³-hybridized carbons (Fsp3) is 0.286. The van der Waals surface area contributed by atoms with Crippen LogP contribution in [0.5, 0.6) is 0 Å². The summed E-state index contributed by atoms with van der Waals surface area (Å²) >= 11 is 0. The van der Waals surface area contributed by atoms with Gasteiger partial charge in [0, 0.05) is 12.5 Å². The highest BCUT2D eigenvalue weighted by Crippen LogP contribution is 2.26. The summed E-state index contributed by atoms with van der Waals surface area (Å²) in [6.45, 7) is 2.02. The number of hydrogen-bond acceptors (Lipinski definition) is 2. The van der Waals surface area contributed by atoms with E-state index in [4.69, 9.17) is 4.42 Å². The van der Waals surface area contributed by atoms with Crippen molar-refractivity contribution in [1.82, 2.24) is 5.32 Å². The number of hydrogen-bond donors (Lipinski definition) is 1. The van der Waals surface area contributed by atoms with E-state index in [-0.39, 0.29) is 11.6 Å². The van der Waals surface area contributed by atoms with Crippen molar-refractivity contribution < 1.29 is 13.2 Å². The lowest BCUT2D eigenvalue weighted by molar-refractivity contribution is 0.473. The zero-order valence-electron chi connectivity index (χ0n) is 10.3. The van der Waals surface area contributed by atoms with E-state index < -0.39 is 11.6 Å². The molecule has 0 aliphatic heterocycles. The largest absolute Gasteiger partial charge is 0.461 e. The molecular weight excluding hydrogens is 236 g/mol. The Morgan fingerprint density at radius 3 is 2.72 bits per heavy atom. The van der Waals surface area contributed by atoms with Gasteiger partial charge in [0.25, 0.3) is 0 Å². The number of benzene rings is 1. The summed E-state index contributed by atoms with van der Waals surface area (Å²) in [4.78, 5) is 0. The Labute approximate surface area is 105 Å². The molecule has 0 aliphatic rings. The minimum atomic E-state index is -0.875. The van der Waals surface area contributed by atoms with Crippen LogP contribution in [-0.2, 0) is 6.42 Å². The Balaban J connectivity index is 2.27. The summed E-state index contributed by atoms with van der Waals surface area (Å²) in [6.07, 6.45) is 0.702. The first-order valence-electron chi connectivity index (χ1n) is 5.82. The van der Waals surface area contributed by atoms with Gasteiger partial charge in [-0.1, -0.05) is 6.07 Å². The van der Waals surface area contributed by atoms with Gasteiger partial charge in [-0.3, -0.25) is 0 Å². The molecule has 0 saturated carbocycles. The molecule has 0 saturated heterocycles. The summed E-state index contributed by atoms with van der Waals surface area (Å²) in [5, 5.41) is 3.09. The number of halogens is 2. The molecule has 0 aliphatic carbocycles. The van der Waals surface area contributed by atoms with Gasteiger partial charge in [-0.2, -0.15) is 0 Å². The second kappa shape index (κ2) is 5.31. The summed E-state index contributed by atoms with van der Waals surface area (Å²) < 4.78 is 32.2. The van der Waals surface area contributed by atoms with E-state index in [9.17, 15) is 8.78 Å². The zero-order valence-corrected chi connectivity index (χ0v) is 10.3. The van der Waals surface area contributed by atoms with Crippen molar-refractivity contribution in [1.29, 1.82) is 0 Å². The third kappa shape index (κ3) is 2.59. The maximum absolute atomic E-state index is 13.6. The van der Waals surface area contributed by atoms with Crippen molar-refractivity contribution in [3.63, 3.8) is 0 Å². The summed E-state index contributed by atoms with van der Waals surface area (Å²) in [7, 11) is 1.86. The SMILES string of the molecule is CNC(C)Cc1ccc(-c2cccc(F)c2F)o1. The van der Waals surface area contributed by atoms with Crippen molar-refractivity contribution in [2.75, 3.05) is 7.05 Å². The molecule has 0 amide bonds. The first-order chi connectivity index (χ1) is 8.61. The highest BCUT2D eigenvalue weighted by atomic mass is 19.2. The number of nitrogens with one attached hydrogen (secondary N) is 1. The molecule has 1 aromatic heterocycles. The Morgan fingerprint density at radius 1 is 1.22 bits per heavy atom. The van der Waals surface area contributed by atoms with Gasteiger partial charge in [-0.25, -0.2) is 8.78 Å². The smallest absolute Gasteiger partial charge is 0.169 e. The Morgan fingerprint density at radius 2 is 2.00 bits per heavy atom. The highest BCUT2D eigenvalue weighted by molar-refractivity contribution is 5.58. The first kappa shape index (κ1) is 12.8. The van der Waals surface area contributed by atoms with Crippen molar-refractivity contribution in [3.05, 3.63) is 47.7 Å². The normalized spacial score (nSPS) is 12.7. The highest BCUT2D eigenvalue weighted by Gasteiger charge is 2.13. The monoisotopic (exact) mass is 251 g/mol. The van der Waals surface area contributed by atoms with Crippen LogP contribution in [0.1, 0.15) is 12.7 Å². The Kier molecular flexibility index (Phi) is 3.77. The van der Waals surface area contributed by atoms with Gasteiger partial charge in [0.2, 0.25) is 0 Å². The van der Waals surface area contributed by atoms with Crippen LogP contribution in [0.4, 0.5) is 8.78 Å². The van der Waals surface area contributed by atoms with Crippen LogP contribution in [0.2, 0.25) is 0 Å². The van der Waals surface area contributed by atoms with Crippen LogP contribution < -0.4 is 5.32 Å². The molecule has 2 rings (SSSR count). The molecular formula is C14H15F2NO. The second-order valence-corrected chi connectivity index (χ2v) is 4.26. The minimum absolute atomic E-state index is 0.151. The molecule has 0 fully saturated rings. The van der Waals surface area contributed by atoms with E-state index in [1.165, 1.54) is 12.1 Å². The predicted octanol–water partition coefficient (Wildman–Crippen LogP) is 3.38. The fourth-order valence-electron chi connectivity index (χ4n) is 1.73. The summed E-state index contributed by atoms with van der Waals surface area (Å²) in [5.74, 6) is -0.644. The lowest BCUT2D eigenvalue weighted by Crippen LogP contribution is -2.23. The molecule has 0 radical (unpaired) electrons. The van der Waals surface area contributed by atoms with E-state index in [0.29, 0.717) is 12.2 Å². The molecule has 2 nitrogen and oxygen atoms in total. The van der Waals surface area contributed by atoms with Crippen molar-refractivity contribution in [3.8, 4) is 11.3 Å². The quantitative estimate of drug-likeness (QED) is 0.901. The summed E-state index contributed by atoms with van der Waals surface area (Å²) in [6, 6.07) is 7.77. The molecule has 1 aromatic carbocycles. The molecule has 4 heteroatoms. The van der Waals surface area contributed by atoms with Gasteiger partial charge in [-0.15, -0.1) is 0 Å². The Hall–Kier alpha value is -1.68. The van der Waals surface area contributed by atoms with Gasteiger partial charge in [-0.05, 0) is 38.2 Å². The van der Waals surface area contributed by atoms with Crippen LogP contribution in [-0.4, -0.2) is 13.1 Å². The molecule has 1 N–H and O–H groups in total. The van der Waals surface area contributed by atoms with Crippen LogP contribution in [0.3, 0.4) is 0 Å². The van der Waals surface area contributed by atoms with E-state index in [1.807, 2.05) is 14.0 Å². The van der Waals surface area contributed by atoms with E-state index in [1.54, 1.807) is 12.1 Å². The van der Waals surface area contributed by atoms with Gasteiger partial charge in [0.05, 0.1) is 5.56 Å². The van der Waals surface area contributed by atoms with Gasteiger partial charge >= 0.3 is 0 Å². The standard InChI is InChI=1S/C14H15F2NO/c1-9(17-2)8-10-6-7-13(18-10)11-4-3-5-12(15)14(11)16/h3-7,9,17H,8H2,1-2H3. The number of likely N-dealkylation sites (N-methyl/N-ethyl adjacent to an activating group) is 1. The lowest BCUT2D eigenvalue weighted by Gasteiger charge is -2.06. The average Bonchev–Trinajstić information content (AvgIpc) is 2.80. The number of rotatable bonds is 4. The molecule has 96 valence electrons. The molecule has 18 heavy (non-hydrogen) atoms. The molecule has 0 bridgehead atoms. The van der Waals surface area contributed by atoms with Gasteiger partial charge in [0.1, 0.15) is 11.5 Å². The third-order valence-electron chi connectivity index (χ3n) is 2.88. The second-order valence-electron chi connectivity index (χ2n) is 4.26. The summed E-state index contributed by atoms with van der Waals surface area (Å²) in [5.41, 5.74) is 0.151. The first-order valence-corrected chi connectivity index (χ1v) is 5.82. The fourth-order valence-corrected chi connectivity index (χ4v) is 1.73. The predicted molar refractivity (Wildman–Crippen MR) is 66.3 cm³/mol. The van der Waals surface area contributed by atoms with Crippen LogP contribution in [0, 0.1) is 11.6 Å². The zero-order chi connectivity index (χ0) is 13.1. The van der Waals surface area contributed by atoms with Crippen molar-refractivity contribution >= 4 is 0 Å². The number of furan rings is 1. The van der Waals surface area contributed by atoms with Gasteiger partial charge < -0.3 is 9.73 Å². The van der Waals surface area contributed by atoms with Crippen LogP contribution in [0.15, 0.2) is 34.7 Å². The third-order valence-corrected chi connectivity index (χ3v) is 2.88. The van der Waals surface area contributed by atoms with Crippen LogP contribution >= 0.6 is 0 Å². The van der Waals surface area contributed by atoms with E-state index in [0.717, 1.165) is 11.8 Å². The Bertz CT molecular complexity index is 536. The molecule has 1 heterocycles. The molecule has 2 aromatic rings. The molecule has 1 atom stereocenters. The maximum Gasteiger partial charge on any atom is 0.169 e. The molecule has 1 unspecified atom stereocenters. The van der Waals surface area contributed by atoms with Crippen molar-refractivity contribution in [2.24, 2.45) is 0 Å². The van der Waals surface area contributed by atoms with E-state index >= 15 is 0 Å². The minimum Gasteiger partial charge on any atom is -0.461 e. The van der Waals surface area contributed by atoms with Crippen molar-refractivity contribution in [2.45, 2.75) is 19.4 Å². The van der Waals surface area contributed by atoms with Crippen LogP contribution in [0.25, 0.3) is 11.3 Å². The average molecular weight is 251 g/mol. The van der Waals surface area contributed by atoms with E-state index in [2.05, 4.69) is 5.32 Å². The maximum atomic E-state index is 13.6.